The molecule has 0 saturated heterocycles. The van der Waals surface area contributed by atoms with Gasteiger partial charge in [0.2, 0.25) is 0 Å². The van der Waals surface area contributed by atoms with Gasteiger partial charge in [-0.15, -0.1) is 0 Å². The molecule has 0 aliphatic carbocycles. The summed E-state index contributed by atoms with van der Waals surface area (Å²) in [4.78, 5) is 22.7. The Bertz CT molecular complexity index is 926. The Labute approximate surface area is 154 Å². The third kappa shape index (κ3) is 3.67. The Morgan fingerprint density at radius 3 is 2.80 bits per heavy atom. The summed E-state index contributed by atoms with van der Waals surface area (Å²) in [5, 5.41) is 5.01. The number of hydrogen-bond donors (Lipinski definition) is 1. The van der Waals surface area contributed by atoms with Gasteiger partial charge in [-0.25, -0.2) is 14.8 Å². The molecule has 0 aliphatic rings. The van der Waals surface area contributed by atoms with Crippen molar-refractivity contribution in [1.29, 1.82) is 0 Å². The van der Waals surface area contributed by atoms with Crippen LogP contribution in [0.5, 0.6) is 0 Å². The minimum Gasteiger partial charge on any atom is -0.465 e. The smallest absolute Gasteiger partial charge is 0.351 e. The SMILES string of the molecule is COC(=O)c1sc(NCc2cc(N(C)C)nc3ccccc23)nc1Cl. The molecule has 0 bridgehead atoms. The van der Waals surface area contributed by atoms with Gasteiger partial charge in [-0.1, -0.05) is 41.1 Å². The van der Waals surface area contributed by atoms with Crippen LogP contribution < -0.4 is 10.2 Å². The van der Waals surface area contributed by atoms with Gasteiger partial charge in [0.05, 0.1) is 12.6 Å². The Morgan fingerprint density at radius 1 is 1.32 bits per heavy atom. The lowest BCUT2D eigenvalue weighted by Gasteiger charge is -2.15. The summed E-state index contributed by atoms with van der Waals surface area (Å²) in [6.07, 6.45) is 0. The maximum atomic E-state index is 11.6. The van der Waals surface area contributed by atoms with Gasteiger partial charge in [0.1, 0.15) is 5.82 Å². The largest absolute Gasteiger partial charge is 0.465 e. The van der Waals surface area contributed by atoms with Gasteiger partial charge in [0, 0.05) is 26.0 Å². The highest BCUT2D eigenvalue weighted by Gasteiger charge is 2.17. The number of carbonyl (C=O) groups excluding carboxylic acids is 1. The minimum atomic E-state index is -0.486. The number of rotatable bonds is 5. The molecule has 3 aromatic rings. The number of fused-ring (bicyclic) bond motifs is 1. The van der Waals surface area contributed by atoms with E-state index < -0.39 is 5.97 Å². The van der Waals surface area contributed by atoms with E-state index in [9.17, 15) is 4.79 Å². The summed E-state index contributed by atoms with van der Waals surface area (Å²) < 4.78 is 4.70. The quantitative estimate of drug-likeness (QED) is 0.683. The molecule has 0 fully saturated rings. The summed E-state index contributed by atoms with van der Waals surface area (Å²) in [7, 11) is 5.23. The number of nitrogens with zero attached hydrogens (tertiary/aromatic N) is 3. The van der Waals surface area contributed by atoms with Crippen LogP contribution >= 0.6 is 22.9 Å². The number of halogens is 1. The highest BCUT2D eigenvalue weighted by Crippen LogP contribution is 2.29. The van der Waals surface area contributed by atoms with Crippen molar-refractivity contribution in [3.05, 3.63) is 45.9 Å². The van der Waals surface area contributed by atoms with E-state index >= 15 is 0 Å². The van der Waals surface area contributed by atoms with E-state index in [0.29, 0.717) is 16.6 Å². The normalized spacial score (nSPS) is 10.7. The first-order valence-electron chi connectivity index (χ1n) is 7.54. The fourth-order valence-corrected chi connectivity index (χ4v) is 3.47. The number of pyridine rings is 1. The van der Waals surface area contributed by atoms with E-state index in [4.69, 9.17) is 16.3 Å². The first kappa shape index (κ1) is 17.4. The highest BCUT2D eigenvalue weighted by atomic mass is 35.5. The molecule has 1 aromatic carbocycles. The van der Waals surface area contributed by atoms with Crippen LogP contribution in [0.2, 0.25) is 5.15 Å². The van der Waals surface area contributed by atoms with Gasteiger partial charge in [-0.2, -0.15) is 0 Å². The van der Waals surface area contributed by atoms with Gasteiger partial charge in [-0.05, 0) is 17.7 Å². The first-order chi connectivity index (χ1) is 12.0. The van der Waals surface area contributed by atoms with Crippen LogP contribution in [-0.4, -0.2) is 37.1 Å². The molecule has 130 valence electrons. The van der Waals surface area contributed by atoms with Crippen LogP contribution in [0.1, 0.15) is 15.2 Å². The fraction of sp³-hybridized carbons (Fsp3) is 0.235. The number of ether oxygens (including phenoxy) is 1. The Kier molecular flexibility index (Phi) is 5.06. The number of para-hydroxylation sites is 1. The van der Waals surface area contributed by atoms with Crippen molar-refractivity contribution >= 4 is 50.8 Å². The first-order valence-corrected chi connectivity index (χ1v) is 8.73. The highest BCUT2D eigenvalue weighted by molar-refractivity contribution is 7.18. The third-order valence-electron chi connectivity index (χ3n) is 3.63. The van der Waals surface area contributed by atoms with Gasteiger partial charge in [0.25, 0.3) is 0 Å². The molecule has 2 heterocycles. The van der Waals surface area contributed by atoms with Crippen molar-refractivity contribution in [2.75, 3.05) is 31.4 Å². The monoisotopic (exact) mass is 376 g/mol. The zero-order chi connectivity index (χ0) is 18.0. The molecule has 8 heteroatoms. The summed E-state index contributed by atoms with van der Waals surface area (Å²) >= 11 is 7.18. The van der Waals surface area contributed by atoms with E-state index in [1.807, 2.05) is 49.3 Å². The average molecular weight is 377 g/mol. The summed E-state index contributed by atoms with van der Waals surface area (Å²) in [6, 6.07) is 10.0. The molecule has 0 atom stereocenters. The molecule has 0 radical (unpaired) electrons. The molecule has 1 N–H and O–H groups in total. The Morgan fingerprint density at radius 2 is 2.08 bits per heavy atom. The number of nitrogens with one attached hydrogen (secondary N) is 1. The molecule has 6 nitrogen and oxygen atoms in total. The molecule has 0 unspecified atom stereocenters. The second kappa shape index (κ2) is 7.25. The lowest BCUT2D eigenvalue weighted by Crippen LogP contribution is -2.12. The molecule has 3 rings (SSSR count). The maximum absolute atomic E-state index is 11.6. The molecule has 0 amide bonds. The van der Waals surface area contributed by atoms with Gasteiger partial charge in [0.15, 0.2) is 15.2 Å². The third-order valence-corrected chi connectivity index (χ3v) is 5.01. The van der Waals surface area contributed by atoms with E-state index in [-0.39, 0.29) is 5.15 Å². The molecule has 0 saturated carbocycles. The summed E-state index contributed by atoms with van der Waals surface area (Å²) in [6.45, 7) is 0.536. The summed E-state index contributed by atoms with van der Waals surface area (Å²) in [5.41, 5.74) is 2.01. The van der Waals surface area contributed by atoms with Crippen LogP contribution in [0.25, 0.3) is 10.9 Å². The van der Waals surface area contributed by atoms with Crippen LogP contribution in [0.4, 0.5) is 10.9 Å². The molecular weight excluding hydrogens is 360 g/mol. The maximum Gasteiger partial charge on any atom is 0.351 e. The van der Waals surface area contributed by atoms with Crippen LogP contribution in [-0.2, 0) is 11.3 Å². The van der Waals surface area contributed by atoms with Crippen LogP contribution in [0.15, 0.2) is 30.3 Å². The molecule has 2 aromatic heterocycles. The van der Waals surface area contributed by atoms with Crippen LogP contribution in [0.3, 0.4) is 0 Å². The number of anilines is 2. The number of hydrogen-bond acceptors (Lipinski definition) is 7. The van der Waals surface area contributed by atoms with Crippen molar-refractivity contribution in [3.63, 3.8) is 0 Å². The summed E-state index contributed by atoms with van der Waals surface area (Å²) in [5.74, 6) is 0.391. The fourth-order valence-electron chi connectivity index (χ4n) is 2.37. The van der Waals surface area contributed by atoms with E-state index in [1.54, 1.807) is 0 Å². The van der Waals surface area contributed by atoms with Gasteiger partial charge >= 0.3 is 5.97 Å². The van der Waals surface area contributed by atoms with Crippen molar-refractivity contribution in [2.24, 2.45) is 0 Å². The predicted molar refractivity (Wildman–Crippen MR) is 102 cm³/mol. The van der Waals surface area contributed by atoms with Crippen LogP contribution in [0, 0.1) is 0 Å². The lowest BCUT2D eigenvalue weighted by atomic mass is 10.1. The molecule has 25 heavy (non-hydrogen) atoms. The molecule has 0 aliphatic heterocycles. The van der Waals surface area contributed by atoms with Gasteiger partial charge < -0.3 is 15.0 Å². The number of thiazole rings is 1. The number of carbonyl (C=O) groups is 1. The number of esters is 1. The predicted octanol–water partition coefficient (Wildman–Crippen LogP) is 3.81. The zero-order valence-electron chi connectivity index (χ0n) is 14.0. The number of benzene rings is 1. The van der Waals surface area contributed by atoms with E-state index in [1.165, 1.54) is 18.4 Å². The van der Waals surface area contributed by atoms with Crippen molar-refractivity contribution in [2.45, 2.75) is 6.54 Å². The number of methoxy groups -OCH3 is 1. The average Bonchev–Trinajstić information content (AvgIpc) is 2.99. The molecule has 0 spiro atoms. The van der Waals surface area contributed by atoms with Crippen molar-refractivity contribution in [1.82, 2.24) is 9.97 Å². The van der Waals surface area contributed by atoms with E-state index in [0.717, 1.165) is 22.3 Å². The Hall–Kier alpha value is -2.38. The lowest BCUT2D eigenvalue weighted by molar-refractivity contribution is 0.0606. The standard InChI is InChI=1S/C17H17ClN4O2S/c1-22(2)13-8-10(11-6-4-5-7-12(11)20-13)9-19-17-21-15(18)14(25-17)16(23)24-3/h4-8H,9H2,1-3H3,(H,19,21). The topological polar surface area (TPSA) is 67.3 Å². The van der Waals surface area contributed by atoms with E-state index in [2.05, 4.69) is 15.3 Å². The second-order valence-electron chi connectivity index (χ2n) is 5.54. The van der Waals surface area contributed by atoms with Crippen molar-refractivity contribution in [3.8, 4) is 0 Å². The second-order valence-corrected chi connectivity index (χ2v) is 6.89. The minimum absolute atomic E-state index is 0.146. The number of aromatic nitrogens is 2. The van der Waals surface area contributed by atoms with Gasteiger partial charge in [-0.3, -0.25) is 0 Å². The van der Waals surface area contributed by atoms with Crippen molar-refractivity contribution < 1.29 is 9.53 Å². The Balaban J connectivity index is 1.89. The zero-order valence-corrected chi connectivity index (χ0v) is 15.6. The molecular formula is C17H17ClN4O2S.